The number of nitrogens with one attached hydrogen (secondary N) is 1. The summed E-state index contributed by atoms with van der Waals surface area (Å²) in [6, 6.07) is 12.2. The summed E-state index contributed by atoms with van der Waals surface area (Å²) in [6.45, 7) is 1.80. The van der Waals surface area contributed by atoms with Gasteiger partial charge >= 0.3 is 0 Å². The Morgan fingerprint density at radius 1 is 1.10 bits per heavy atom. The number of nitrogens with zero attached hydrogens (tertiary/aromatic N) is 7. The Bertz CT molecular complexity index is 2030. The van der Waals surface area contributed by atoms with Crippen molar-refractivity contribution in [2.45, 2.75) is 13.0 Å². The van der Waals surface area contributed by atoms with Crippen molar-refractivity contribution in [1.29, 1.82) is 0 Å². The zero-order valence-electron chi connectivity index (χ0n) is 21.6. The number of anilines is 1. The lowest BCUT2D eigenvalue weighted by Crippen LogP contribution is -2.32. The fraction of sp³-hybridized carbons (Fsp3) is 0.103. The standard InChI is InChI=1S/C29H23N9O2/c1-18(34-28(39)25-26(30)35-37-12-6-11-32-27(25)37)23-13-21-16-31-15-20(10-9-19-14-33-36(2)17-19)24(21)29(40)38(23)22-7-4-3-5-8-22/h3-8,11-18H,1-2H3,(H2,30,35)(H,34,39)/t18-/m1/s1. The van der Waals surface area contributed by atoms with Gasteiger partial charge in [-0.15, -0.1) is 5.10 Å². The molecule has 0 radical (unpaired) electrons. The van der Waals surface area contributed by atoms with Gasteiger partial charge in [0, 0.05) is 54.8 Å². The molecule has 3 N–H and O–H groups in total. The number of nitrogens with two attached hydrogens (primary N) is 1. The van der Waals surface area contributed by atoms with E-state index in [9.17, 15) is 9.59 Å². The molecule has 0 bridgehead atoms. The number of pyridine rings is 2. The van der Waals surface area contributed by atoms with Crippen molar-refractivity contribution in [2.24, 2.45) is 7.05 Å². The van der Waals surface area contributed by atoms with E-state index in [4.69, 9.17) is 5.73 Å². The van der Waals surface area contributed by atoms with Gasteiger partial charge in [-0.2, -0.15) is 5.10 Å². The molecule has 1 amide bonds. The Kier molecular flexibility index (Phi) is 6.05. The quantitative estimate of drug-likeness (QED) is 0.335. The summed E-state index contributed by atoms with van der Waals surface area (Å²) >= 11 is 0. The fourth-order valence-electron chi connectivity index (χ4n) is 4.62. The number of hydrogen-bond acceptors (Lipinski definition) is 7. The zero-order valence-corrected chi connectivity index (χ0v) is 21.6. The number of para-hydroxylation sites is 1. The minimum atomic E-state index is -0.604. The number of benzene rings is 1. The molecule has 11 nitrogen and oxygen atoms in total. The van der Waals surface area contributed by atoms with Gasteiger partial charge in [0.05, 0.1) is 28.8 Å². The van der Waals surface area contributed by atoms with E-state index in [-0.39, 0.29) is 16.9 Å². The minimum absolute atomic E-state index is 0.0587. The van der Waals surface area contributed by atoms with Gasteiger partial charge < -0.3 is 11.1 Å². The van der Waals surface area contributed by atoms with Gasteiger partial charge in [-0.05, 0) is 31.2 Å². The molecular weight excluding hydrogens is 506 g/mol. The van der Waals surface area contributed by atoms with Crippen LogP contribution in [0.5, 0.6) is 0 Å². The van der Waals surface area contributed by atoms with Gasteiger partial charge in [0.25, 0.3) is 11.5 Å². The van der Waals surface area contributed by atoms with Crippen molar-refractivity contribution >= 4 is 28.1 Å². The average molecular weight is 530 g/mol. The average Bonchev–Trinajstić information content (AvgIpc) is 3.53. The molecule has 0 spiro atoms. The lowest BCUT2D eigenvalue weighted by atomic mass is 10.1. The van der Waals surface area contributed by atoms with Crippen LogP contribution in [0.4, 0.5) is 5.82 Å². The number of hydrogen-bond donors (Lipinski definition) is 2. The Morgan fingerprint density at radius 3 is 2.70 bits per heavy atom. The molecule has 5 aromatic heterocycles. The lowest BCUT2D eigenvalue weighted by molar-refractivity contribution is 0.0941. The summed E-state index contributed by atoms with van der Waals surface area (Å²) in [5.74, 6) is 5.74. The Hall–Kier alpha value is -5.76. The van der Waals surface area contributed by atoms with Gasteiger partial charge in [0.15, 0.2) is 11.5 Å². The number of carbonyl (C=O) groups is 1. The van der Waals surface area contributed by atoms with Gasteiger partial charge in [0.2, 0.25) is 0 Å². The highest BCUT2D eigenvalue weighted by Crippen LogP contribution is 2.24. The molecule has 11 heteroatoms. The first-order valence-corrected chi connectivity index (χ1v) is 12.4. The van der Waals surface area contributed by atoms with Crippen LogP contribution in [0.2, 0.25) is 0 Å². The Morgan fingerprint density at radius 2 is 1.93 bits per heavy atom. The molecule has 196 valence electrons. The number of nitrogen functional groups attached to an aromatic ring is 1. The minimum Gasteiger partial charge on any atom is -0.381 e. The summed E-state index contributed by atoms with van der Waals surface area (Å²) in [5.41, 5.74) is 8.69. The fourth-order valence-corrected chi connectivity index (χ4v) is 4.62. The van der Waals surface area contributed by atoms with Gasteiger partial charge in [-0.25, -0.2) is 9.50 Å². The molecule has 0 aliphatic heterocycles. The molecular formula is C29H23N9O2. The maximum absolute atomic E-state index is 14.1. The van der Waals surface area contributed by atoms with E-state index in [2.05, 4.69) is 37.3 Å². The molecule has 6 rings (SSSR count). The van der Waals surface area contributed by atoms with Crippen LogP contribution in [0.15, 0.2) is 84.4 Å². The van der Waals surface area contributed by atoms with Crippen LogP contribution < -0.4 is 16.6 Å². The maximum atomic E-state index is 14.1. The number of amides is 1. The van der Waals surface area contributed by atoms with Gasteiger partial charge in [-0.3, -0.25) is 23.8 Å². The molecule has 5 heterocycles. The number of aromatic nitrogens is 7. The highest BCUT2D eigenvalue weighted by atomic mass is 16.2. The predicted molar refractivity (Wildman–Crippen MR) is 150 cm³/mol. The predicted octanol–water partition coefficient (Wildman–Crippen LogP) is 2.63. The maximum Gasteiger partial charge on any atom is 0.264 e. The molecule has 0 unspecified atom stereocenters. The molecule has 6 aromatic rings. The summed E-state index contributed by atoms with van der Waals surface area (Å²) in [4.78, 5) is 36.1. The number of aryl methyl sites for hydroxylation is 1. The van der Waals surface area contributed by atoms with E-state index >= 15 is 0 Å². The van der Waals surface area contributed by atoms with Crippen molar-refractivity contribution in [3.63, 3.8) is 0 Å². The highest BCUT2D eigenvalue weighted by molar-refractivity contribution is 6.04. The largest absolute Gasteiger partial charge is 0.381 e. The second kappa shape index (κ2) is 9.85. The van der Waals surface area contributed by atoms with Crippen molar-refractivity contribution in [2.75, 3.05) is 5.73 Å². The number of rotatable bonds is 4. The summed E-state index contributed by atoms with van der Waals surface area (Å²) in [6.07, 6.45) is 9.87. The summed E-state index contributed by atoms with van der Waals surface area (Å²) in [7, 11) is 1.81. The molecule has 0 fully saturated rings. The normalized spacial score (nSPS) is 11.8. The van der Waals surface area contributed by atoms with Gasteiger partial charge in [0.1, 0.15) is 5.56 Å². The first kappa shape index (κ1) is 24.6. The molecule has 0 saturated heterocycles. The number of fused-ring (bicyclic) bond motifs is 2. The summed E-state index contributed by atoms with van der Waals surface area (Å²) < 4.78 is 4.69. The van der Waals surface area contributed by atoms with E-state index in [1.54, 1.807) is 59.4 Å². The van der Waals surface area contributed by atoms with E-state index in [0.717, 1.165) is 5.56 Å². The second-order valence-electron chi connectivity index (χ2n) is 9.19. The third-order valence-electron chi connectivity index (χ3n) is 6.46. The highest BCUT2D eigenvalue weighted by Gasteiger charge is 2.24. The van der Waals surface area contributed by atoms with Crippen molar-refractivity contribution in [3.8, 4) is 17.5 Å². The Labute approximate surface area is 227 Å². The van der Waals surface area contributed by atoms with Crippen molar-refractivity contribution in [3.05, 3.63) is 112 Å². The topological polar surface area (TPSA) is 138 Å². The van der Waals surface area contributed by atoms with Crippen LogP contribution in [0.3, 0.4) is 0 Å². The monoisotopic (exact) mass is 529 g/mol. The molecule has 0 saturated carbocycles. The SMILES string of the molecule is C[C@@H](NC(=O)c1c(N)nn2cccnc12)c1cc2cncc(C#Cc3cnn(C)c3)c2c(=O)n1-c1ccccc1. The number of carbonyl (C=O) groups excluding carboxylic acids is 1. The van der Waals surface area contributed by atoms with Crippen LogP contribution in [-0.2, 0) is 7.05 Å². The van der Waals surface area contributed by atoms with Crippen LogP contribution >= 0.6 is 0 Å². The first-order valence-electron chi connectivity index (χ1n) is 12.4. The van der Waals surface area contributed by atoms with E-state index < -0.39 is 11.9 Å². The van der Waals surface area contributed by atoms with E-state index in [1.165, 1.54) is 4.52 Å². The third-order valence-corrected chi connectivity index (χ3v) is 6.46. The molecule has 0 aliphatic carbocycles. The second-order valence-corrected chi connectivity index (χ2v) is 9.19. The van der Waals surface area contributed by atoms with Crippen LogP contribution in [-0.4, -0.2) is 39.8 Å². The molecule has 0 aliphatic rings. The molecule has 40 heavy (non-hydrogen) atoms. The smallest absolute Gasteiger partial charge is 0.264 e. The molecule has 1 atom stereocenters. The van der Waals surface area contributed by atoms with Crippen LogP contribution in [0.1, 0.15) is 40.1 Å². The molecule has 1 aromatic carbocycles. The van der Waals surface area contributed by atoms with E-state index in [0.29, 0.717) is 33.4 Å². The third kappa shape index (κ3) is 4.33. The van der Waals surface area contributed by atoms with Gasteiger partial charge in [-0.1, -0.05) is 30.0 Å². The van der Waals surface area contributed by atoms with Crippen molar-refractivity contribution in [1.82, 2.24) is 39.2 Å². The first-order chi connectivity index (χ1) is 19.4. The zero-order chi connectivity index (χ0) is 27.8. The van der Waals surface area contributed by atoms with E-state index in [1.807, 2.05) is 43.4 Å². The summed E-state index contributed by atoms with van der Waals surface area (Å²) in [5, 5.41) is 12.3. The lowest BCUT2D eigenvalue weighted by Gasteiger charge is -2.21. The van der Waals surface area contributed by atoms with Crippen LogP contribution in [0.25, 0.3) is 22.1 Å². The Balaban J connectivity index is 1.48. The van der Waals surface area contributed by atoms with Crippen LogP contribution in [0, 0.1) is 11.8 Å². The van der Waals surface area contributed by atoms with Crippen molar-refractivity contribution < 1.29 is 4.79 Å².